The van der Waals surface area contributed by atoms with Gasteiger partial charge in [-0.05, 0) is 30.3 Å². The predicted octanol–water partition coefficient (Wildman–Crippen LogP) is 3.22. The van der Waals surface area contributed by atoms with Crippen molar-refractivity contribution in [1.82, 2.24) is 5.16 Å². The standard InChI is InChI=1S/C13H9FN2O/c14-8-5-6-12-10(7-8)13(17-16-12)9-3-1-2-4-11(9)15/h1-7H,15H2. The Morgan fingerprint density at radius 2 is 1.94 bits per heavy atom. The van der Waals surface area contributed by atoms with Gasteiger partial charge in [0.25, 0.3) is 0 Å². The zero-order valence-corrected chi connectivity index (χ0v) is 8.85. The quantitative estimate of drug-likeness (QED) is 0.650. The molecular formula is C13H9FN2O. The van der Waals surface area contributed by atoms with Gasteiger partial charge in [0, 0.05) is 11.3 Å². The Bertz CT molecular complexity index is 691. The van der Waals surface area contributed by atoms with Crippen LogP contribution < -0.4 is 5.73 Å². The van der Waals surface area contributed by atoms with E-state index in [0.717, 1.165) is 5.56 Å². The number of aromatic nitrogens is 1. The smallest absolute Gasteiger partial charge is 0.176 e. The summed E-state index contributed by atoms with van der Waals surface area (Å²) in [6.07, 6.45) is 0. The number of halogens is 1. The van der Waals surface area contributed by atoms with Crippen molar-refractivity contribution >= 4 is 16.6 Å². The third-order valence-corrected chi connectivity index (χ3v) is 2.64. The van der Waals surface area contributed by atoms with Crippen LogP contribution in [0.25, 0.3) is 22.2 Å². The van der Waals surface area contributed by atoms with Crippen molar-refractivity contribution in [1.29, 1.82) is 0 Å². The maximum Gasteiger partial charge on any atom is 0.176 e. The van der Waals surface area contributed by atoms with Crippen LogP contribution >= 0.6 is 0 Å². The van der Waals surface area contributed by atoms with Gasteiger partial charge in [-0.15, -0.1) is 0 Å². The number of hydrogen-bond acceptors (Lipinski definition) is 3. The first-order valence-electron chi connectivity index (χ1n) is 5.15. The number of nitrogen functional groups attached to an aromatic ring is 1. The van der Waals surface area contributed by atoms with Crippen molar-refractivity contribution in [2.45, 2.75) is 0 Å². The molecule has 0 saturated carbocycles. The first-order chi connectivity index (χ1) is 8.25. The summed E-state index contributed by atoms with van der Waals surface area (Å²) in [7, 11) is 0. The fraction of sp³-hybridized carbons (Fsp3) is 0. The number of fused-ring (bicyclic) bond motifs is 1. The van der Waals surface area contributed by atoms with Crippen LogP contribution in [0.1, 0.15) is 0 Å². The molecule has 1 aromatic heterocycles. The molecule has 0 aliphatic rings. The molecule has 84 valence electrons. The maximum absolute atomic E-state index is 13.2. The van der Waals surface area contributed by atoms with E-state index in [1.807, 2.05) is 18.2 Å². The summed E-state index contributed by atoms with van der Waals surface area (Å²) in [4.78, 5) is 0. The van der Waals surface area contributed by atoms with E-state index < -0.39 is 0 Å². The molecule has 0 spiro atoms. The molecule has 3 nitrogen and oxygen atoms in total. The molecule has 0 radical (unpaired) electrons. The molecule has 0 aliphatic carbocycles. The highest BCUT2D eigenvalue weighted by atomic mass is 19.1. The molecule has 17 heavy (non-hydrogen) atoms. The fourth-order valence-electron chi connectivity index (χ4n) is 1.81. The van der Waals surface area contributed by atoms with Gasteiger partial charge in [0.1, 0.15) is 11.3 Å². The molecule has 0 atom stereocenters. The van der Waals surface area contributed by atoms with Gasteiger partial charge in [-0.1, -0.05) is 17.3 Å². The van der Waals surface area contributed by atoms with Crippen molar-refractivity contribution in [3.63, 3.8) is 0 Å². The van der Waals surface area contributed by atoms with Gasteiger partial charge in [-0.3, -0.25) is 0 Å². The summed E-state index contributed by atoms with van der Waals surface area (Å²) in [6.45, 7) is 0. The van der Waals surface area contributed by atoms with E-state index in [1.165, 1.54) is 12.1 Å². The first-order valence-corrected chi connectivity index (χ1v) is 5.15. The minimum atomic E-state index is -0.323. The second-order valence-corrected chi connectivity index (χ2v) is 3.76. The van der Waals surface area contributed by atoms with Gasteiger partial charge in [0.2, 0.25) is 0 Å². The number of nitrogens with zero attached hydrogens (tertiary/aromatic N) is 1. The van der Waals surface area contributed by atoms with Crippen molar-refractivity contribution < 1.29 is 8.91 Å². The summed E-state index contributed by atoms with van der Waals surface area (Å²) in [5, 5.41) is 4.51. The van der Waals surface area contributed by atoms with Gasteiger partial charge >= 0.3 is 0 Å². The highest BCUT2D eigenvalue weighted by molar-refractivity contribution is 5.94. The Morgan fingerprint density at radius 1 is 1.12 bits per heavy atom. The Morgan fingerprint density at radius 3 is 2.76 bits per heavy atom. The van der Waals surface area contributed by atoms with Crippen molar-refractivity contribution in [2.24, 2.45) is 0 Å². The van der Waals surface area contributed by atoms with Crippen LogP contribution in [0.3, 0.4) is 0 Å². The molecule has 0 saturated heterocycles. The largest absolute Gasteiger partial charge is 0.398 e. The molecule has 0 amide bonds. The maximum atomic E-state index is 13.2. The number of hydrogen-bond donors (Lipinski definition) is 1. The molecule has 2 aromatic carbocycles. The lowest BCUT2D eigenvalue weighted by Crippen LogP contribution is -1.88. The van der Waals surface area contributed by atoms with Crippen LogP contribution in [-0.4, -0.2) is 5.16 Å². The van der Waals surface area contributed by atoms with E-state index in [2.05, 4.69) is 5.16 Å². The van der Waals surface area contributed by atoms with Crippen LogP contribution in [0, 0.1) is 5.82 Å². The predicted molar refractivity (Wildman–Crippen MR) is 63.8 cm³/mol. The fourth-order valence-corrected chi connectivity index (χ4v) is 1.81. The molecule has 0 fully saturated rings. The van der Waals surface area contributed by atoms with E-state index in [1.54, 1.807) is 12.1 Å². The van der Waals surface area contributed by atoms with Crippen LogP contribution in [0.15, 0.2) is 47.0 Å². The number of para-hydroxylation sites is 1. The summed E-state index contributed by atoms with van der Waals surface area (Å²) in [5.74, 6) is 0.175. The van der Waals surface area contributed by atoms with Crippen molar-refractivity contribution in [3.05, 3.63) is 48.3 Å². The van der Waals surface area contributed by atoms with Crippen molar-refractivity contribution in [2.75, 3.05) is 5.73 Å². The number of nitrogens with two attached hydrogens (primary N) is 1. The molecule has 0 unspecified atom stereocenters. The Kier molecular flexibility index (Phi) is 2.08. The molecule has 2 N–H and O–H groups in total. The van der Waals surface area contributed by atoms with Gasteiger partial charge in [-0.2, -0.15) is 0 Å². The average molecular weight is 228 g/mol. The minimum Gasteiger partial charge on any atom is -0.398 e. The zero-order chi connectivity index (χ0) is 11.8. The zero-order valence-electron chi connectivity index (χ0n) is 8.85. The van der Waals surface area contributed by atoms with E-state index in [-0.39, 0.29) is 5.82 Å². The summed E-state index contributed by atoms with van der Waals surface area (Å²) < 4.78 is 18.5. The molecule has 4 heteroatoms. The minimum absolute atomic E-state index is 0.323. The average Bonchev–Trinajstić information content (AvgIpc) is 2.72. The molecule has 3 rings (SSSR count). The van der Waals surface area contributed by atoms with E-state index in [0.29, 0.717) is 22.4 Å². The van der Waals surface area contributed by atoms with Gasteiger partial charge in [0.15, 0.2) is 5.76 Å². The SMILES string of the molecule is Nc1ccccc1-c1onc2ccc(F)cc12. The van der Waals surface area contributed by atoms with E-state index in [4.69, 9.17) is 10.3 Å². The Hall–Kier alpha value is -2.36. The van der Waals surface area contributed by atoms with E-state index in [9.17, 15) is 4.39 Å². The van der Waals surface area contributed by atoms with Crippen LogP contribution in [0.5, 0.6) is 0 Å². The van der Waals surface area contributed by atoms with Crippen LogP contribution in [0.2, 0.25) is 0 Å². The Labute approximate surface area is 96.6 Å². The number of benzene rings is 2. The Balaban J connectivity index is 2.31. The van der Waals surface area contributed by atoms with Crippen LogP contribution in [-0.2, 0) is 0 Å². The molecule has 1 heterocycles. The highest BCUT2D eigenvalue weighted by Crippen LogP contribution is 2.32. The topological polar surface area (TPSA) is 52.0 Å². The number of rotatable bonds is 1. The summed E-state index contributed by atoms with van der Waals surface area (Å²) >= 11 is 0. The van der Waals surface area contributed by atoms with Gasteiger partial charge < -0.3 is 10.3 Å². The van der Waals surface area contributed by atoms with Gasteiger partial charge in [-0.25, -0.2) is 4.39 Å². The molecule has 0 aliphatic heterocycles. The number of anilines is 1. The third kappa shape index (κ3) is 1.54. The molecule has 3 aromatic rings. The van der Waals surface area contributed by atoms with E-state index >= 15 is 0 Å². The van der Waals surface area contributed by atoms with Gasteiger partial charge in [0.05, 0.1) is 5.39 Å². The first kappa shape index (κ1) is 9.84. The lowest BCUT2D eigenvalue weighted by Gasteiger charge is -2.00. The molecule has 0 bridgehead atoms. The third-order valence-electron chi connectivity index (χ3n) is 2.64. The highest BCUT2D eigenvalue weighted by Gasteiger charge is 2.13. The lowest BCUT2D eigenvalue weighted by molar-refractivity contribution is 0.441. The summed E-state index contributed by atoms with van der Waals surface area (Å²) in [5.41, 5.74) is 7.78. The normalized spacial score (nSPS) is 10.9. The monoisotopic (exact) mass is 228 g/mol. The molecular weight excluding hydrogens is 219 g/mol. The second-order valence-electron chi connectivity index (χ2n) is 3.76. The van der Waals surface area contributed by atoms with Crippen molar-refractivity contribution in [3.8, 4) is 11.3 Å². The summed E-state index contributed by atoms with van der Waals surface area (Å²) in [6, 6.07) is 11.6. The lowest BCUT2D eigenvalue weighted by atomic mass is 10.1. The second kappa shape index (κ2) is 3.59. The van der Waals surface area contributed by atoms with Crippen LogP contribution in [0.4, 0.5) is 10.1 Å².